The first kappa shape index (κ1) is 22.7. The van der Waals surface area contributed by atoms with Gasteiger partial charge in [0, 0.05) is 37.4 Å². The topological polar surface area (TPSA) is 77.6 Å². The Bertz CT molecular complexity index is 695. The van der Waals surface area contributed by atoms with E-state index in [1.165, 1.54) is 0 Å². The predicted octanol–water partition coefficient (Wildman–Crippen LogP) is 1.79. The molecule has 0 spiro atoms. The number of carbonyl (C=O) groups excluding carboxylic acids is 2. The summed E-state index contributed by atoms with van der Waals surface area (Å²) in [6, 6.07) is 6.27. The third-order valence-corrected chi connectivity index (χ3v) is 5.95. The summed E-state index contributed by atoms with van der Waals surface area (Å²) in [7, 11) is 0. The molecule has 2 aliphatic heterocycles. The van der Waals surface area contributed by atoms with Gasteiger partial charge in [0.05, 0.1) is 24.7 Å². The van der Waals surface area contributed by atoms with Crippen molar-refractivity contribution in [3.8, 4) is 0 Å². The maximum atomic E-state index is 12.7. The second-order valence-electron chi connectivity index (χ2n) is 9.68. The van der Waals surface area contributed by atoms with Crippen molar-refractivity contribution < 1.29 is 9.59 Å². The predicted molar refractivity (Wildman–Crippen MR) is 118 cm³/mol. The highest BCUT2D eigenvalue weighted by atomic mass is 16.2. The molecule has 0 bridgehead atoms. The van der Waals surface area contributed by atoms with E-state index in [0.717, 1.165) is 57.6 Å². The molecule has 3 rings (SSSR count). The molecule has 166 valence electrons. The minimum absolute atomic E-state index is 0.0538. The molecule has 0 saturated carbocycles. The van der Waals surface area contributed by atoms with Crippen LogP contribution in [0.15, 0.2) is 24.4 Å². The molecule has 1 atom stereocenters. The van der Waals surface area contributed by atoms with Gasteiger partial charge in [0.1, 0.15) is 0 Å². The lowest BCUT2D eigenvalue weighted by Crippen LogP contribution is -2.52. The quantitative estimate of drug-likeness (QED) is 0.741. The number of hydrogen-bond donors (Lipinski definition) is 2. The zero-order valence-electron chi connectivity index (χ0n) is 18.7. The maximum absolute atomic E-state index is 12.7. The lowest BCUT2D eigenvalue weighted by molar-refractivity contribution is -0.128. The SMILES string of the molecule is CC(C)(C)NC(=O)CN1CCC(N2CCC[C@@H](C(=O)NCc3ccccn3)C2)CC1. The molecule has 3 heterocycles. The number of aromatic nitrogens is 1. The van der Waals surface area contributed by atoms with E-state index in [2.05, 4.69) is 25.4 Å². The van der Waals surface area contributed by atoms with E-state index in [9.17, 15) is 9.59 Å². The summed E-state index contributed by atoms with van der Waals surface area (Å²) >= 11 is 0. The van der Waals surface area contributed by atoms with Crippen molar-refractivity contribution in [3.05, 3.63) is 30.1 Å². The number of nitrogens with zero attached hydrogens (tertiary/aromatic N) is 3. The van der Waals surface area contributed by atoms with E-state index in [1.807, 2.05) is 39.0 Å². The van der Waals surface area contributed by atoms with Crippen LogP contribution in [0.25, 0.3) is 0 Å². The van der Waals surface area contributed by atoms with Gasteiger partial charge in [0.2, 0.25) is 11.8 Å². The van der Waals surface area contributed by atoms with E-state index >= 15 is 0 Å². The van der Waals surface area contributed by atoms with Gasteiger partial charge in [0.15, 0.2) is 0 Å². The number of nitrogens with one attached hydrogen (secondary N) is 2. The Balaban J connectivity index is 1.41. The van der Waals surface area contributed by atoms with Crippen LogP contribution in [0.1, 0.15) is 52.1 Å². The van der Waals surface area contributed by atoms with Gasteiger partial charge in [-0.2, -0.15) is 0 Å². The van der Waals surface area contributed by atoms with Crippen molar-refractivity contribution in [1.82, 2.24) is 25.4 Å². The van der Waals surface area contributed by atoms with E-state index in [4.69, 9.17) is 0 Å². The second-order valence-corrected chi connectivity index (χ2v) is 9.68. The molecular weight excluding hydrogens is 378 g/mol. The summed E-state index contributed by atoms with van der Waals surface area (Å²) in [4.78, 5) is 33.9. The second kappa shape index (κ2) is 10.4. The standard InChI is InChI=1S/C23H37N5O2/c1-23(2,3)26-21(29)17-27-13-9-20(10-14-27)28-12-6-7-18(16-28)22(30)25-15-19-8-4-5-11-24-19/h4-5,8,11,18,20H,6-7,9-10,12-17H2,1-3H3,(H,25,30)(H,26,29)/t18-/m1/s1. The summed E-state index contributed by atoms with van der Waals surface area (Å²) < 4.78 is 0. The van der Waals surface area contributed by atoms with Gasteiger partial charge in [-0.15, -0.1) is 0 Å². The van der Waals surface area contributed by atoms with Gasteiger partial charge >= 0.3 is 0 Å². The molecule has 30 heavy (non-hydrogen) atoms. The largest absolute Gasteiger partial charge is 0.350 e. The van der Waals surface area contributed by atoms with Crippen molar-refractivity contribution >= 4 is 11.8 Å². The Morgan fingerprint density at radius 2 is 1.90 bits per heavy atom. The Kier molecular flexibility index (Phi) is 7.83. The van der Waals surface area contributed by atoms with Gasteiger partial charge in [-0.1, -0.05) is 6.07 Å². The molecule has 2 saturated heterocycles. The number of hydrogen-bond acceptors (Lipinski definition) is 5. The normalized spacial score (nSPS) is 21.9. The van der Waals surface area contributed by atoms with Crippen LogP contribution in [-0.2, 0) is 16.1 Å². The third-order valence-electron chi connectivity index (χ3n) is 5.95. The zero-order valence-corrected chi connectivity index (χ0v) is 18.7. The third kappa shape index (κ3) is 7.06. The van der Waals surface area contributed by atoms with E-state index < -0.39 is 0 Å². The molecule has 2 aliphatic rings. The molecule has 0 aliphatic carbocycles. The highest BCUT2D eigenvalue weighted by Gasteiger charge is 2.32. The highest BCUT2D eigenvalue weighted by molar-refractivity contribution is 5.79. The number of likely N-dealkylation sites (tertiary alicyclic amines) is 2. The molecule has 2 fully saturated rings. The van der Waals surface area contributed by atoms with Gasteiger partial charge < -0.3 is 10.6 Å². The number of piperidine rings is 2. The van der Waals surface area contributed by atoms with Gasteiger partial charge in [0.25, 0.3) is 0 Å². The number of amides is 2. The number of pyridine rings is 1. The Morgan fingerprint density at radius 3 is 2.57 bits per heavy atom. The van der Waals surface area contributed by atoms with Crippen LogP contribution in [0.2, 0.25) is 0 Å². The molecule has 0 aromatic carbocycles. The Labute approximate surface area is 180 Å². The molecular formula is C23H37N5O2. The fourth-order valence-corrected chi connectivity index (χ4v) is 4.48. The van der Waals surface area contributed by atoms with Gasteiger partial charge in [-0.25, -0.2) is 0 Å². The van der Waals surface area contributed by atoms with Crippen molar-refractivity contribution in [1.29, 1.82) is 0 Å². The average Bonchev–Trinajstić information content (AvgIpc) is 2.72. The first-order valence-corrected chi connectivity index (χ1v) is 11.3. The van der Waals surface area contributed by atoms with Crippen LogP contribution >= 0.6 is 0 Å². The summed E-state index contributed by atoms with van der Waals surface area (Å²) in [5, 5.41) is 6.10. The van der Waals surface area contributed by atoms with Crippen LogP contribution < -0.4 is 10.6 Å². The van der Waals surface area contributed by atoms with Crippen molar-refractivity contribution in [2.24, 2.45) is 5.92 Å². The zero-order chi connectivity index (χ0) is 21.6. The van der Waals surface area contributed by atoms with Gasteiger partial charge in [-0.3, -0.25) is 24.4 Å². The highest BCUT2D eigenvalue weighted by Crippen LogP contribution is 2.24. The molecule has 7 nitrogen and oxygen atoms in total. The molecule has 2 N–H and O–H groups in total. The van der Waals surface area contributed by atoms with Crippen molar-refractivity contribution in [2.45, 2.75) is 64.6 Å². The summed E-state index contributed by atoms with van der Waals surface area (Å²) in [5.41, 5.74) is 0.705. The molecule has 0 unspecified atom stereocenters. The molecule has 2 amide bonds. The smallest absolute Gasteiger partial charge is 0.234 e. The first-order valence-electron chi connectivity index (χ1n) is 11.3. The van der Waals surface area contributed by atoms with Gasteiger partial charge in [-0.05, 0) is 65.1 Å². The van der Waals surface area contributed by atoms with Crippen molar-refractivity contribution in [3.63, 3.8) is 0 Å². The van der Waals surface area contributed by atoms with E-state index in [0.29, 0.717) is 19.1 Å². The minimum Gasteiger partial charge on any atom is -0.350 e. The average molecular weight is 416 g/mol. The van der Waals surface area contributed by atoms with E-state index in [1.54, 1.807) is 6.20 Å². The van der Waals surface area contributed by atoms with Crippen LogP contribution in [-0.4, -0.2) is 70.9 Å². The maximum Gasteiger partial charge on any atom is 0.234 e. The van der Waals surface area contributed by atoms with Crippen molar-refractivity contribution in [2.75, 3.05) is 32.7 Å². The molecule has 0 radical (unpaired) electrons. The van der Waals surface area contributed by atoms with Crippen LogP contribution in [0.5, 0.6) is 0 Å². The monoisotopic (exact) mass is 415 g/mol. The summed E-state index contributed by atoms with van der Waals surface area (Å²) in [5.74, 6) is 0.295. The molecule has 7 heteroatoms. The van der Waals surface area contributed by atoms with Crippen LogP contribution in [0.3, 0.4) is 0 Å². The van der Waals surface area contributed by atoms with Crippen LogP contribution in [0, 0.1) is 5.92 Å². The Morgan fingerprint density at radius 1 is 1.13 bits per heavy atom. The van der Waals surface area contributed by atoms with E-state index in [-0.39, 0.29) is 23.3 Å². The van der Waals surface area contributed by atoms with Crippen LogP contribution in [0.4, 0.5) is 0 Å². The molecule has 1 aromatic rings. The summed E-state index contributed by atoms with van der Waals surface area (Å²) in [6.07, 6.45) is 5.89. The number of rotatable bonds is 6. The number of carbonyl (C=O) groups is 2. The lowest BCUT2D eigenvalue weighted by Gasteiger charge is -2.42. The molecule has 1 aromatic heterocycles. The first-order chi connectivity index (χ1) is 14.3. The Hall–Kier alpha value is -1.99. The fourth-order valence-electron chi connectivity index (χ4n) is 4.48. The minimum atomic E-state index is -0.185. The summed E-state index contributed by atoms with van der Waals surface area (Å²) in [6.45, 7) is 10.8. The fraction of sp³-hybridized carbons (Fsp3) is 0.696. The lowest BCUT2D eigenvalue weighted by atomic mass is 9.93.